The van der Waals surface area contributed by atoms with E-state index in [1.54, 1.807) is 18.2 Å². The molecule has 1 atom stereocenters. The van der Waals surface area contributed by atoms with Crippen LogP contribution < -0.4 is 11.1 Å². The average Bonchev–Trinajstić information content (AvgIpc) is 2.93. The van der Waals surface area contributed by atoms with E-state index < -0.39 is 0 Å². The Morgan fingerprint density at radius 1 is 1.55 bits per heavy atom. The number of rotatable bonds is 5. The van der Waals surface area contributed by atoms with Crippen LogP contribution in [0.1, 0.15) is 19.8 Å². The highest BCUT2D eigenvalue weighted by Crippen LogP contribution is 2.24. The van der Waals surface area contributed by atoms with Crippen molar-refractivity contribution < 1.29 is 4.79 Å². The third-order valence-corrected chi connectivity index (χ3v) is 2.99. The summed E-state index contributed by atoms with van der Waals surface area (Å²) in [6.45, 7) is 1.86. The van der Waals surface area contributed by atoms with E-state index >= 15 is 0 Å². The van der Waals surface area contributed by atoms with Gasteiger partial charge in [-0.25, -0.2) is 4.68 Å². The average molecular weight is 295 g/mol. The van der Waals surface area contributed by atoms with Gasteiger partial charge in [-0.1, -0.05) is 11.6 Å². The summed E-state index contributed by atoms with van der Waals surface area (Å²) >= 11 is 6.06. The van der Waals surface area contributed by atoms with Gasteiger partial charge in [0, 0.05) is 12.5 Å². The molecule has 0 radical (unpaired) electrons. The molecule has 3 N–H and O–H groups in total. The normalized spacial score (nSPS) is 12.2. The lowest BCUT2D eigenvalue weighted by Gasteiger charge is -2.10. The predicted molar refractivity (Wildman–Crippen MR) is 75.7 cm³/mol. The van der Waals surface area contributed by atoms with Gasteiger partial charge in [-0.3, -0.25) is 4.79 Å². The topological polar surface area (TPSA) is 98.7 Å². The van der Waals surface area contributed by atoms with Crippen LogP contribution in [0.5, 0.6) is 0 Å². The molecule has 0 saturated heterocycles. The largest absolute Gasteiger partial charge is 0.328 e. The van der Waals surface area contributed by atoms with Crippen LogP contribution in [0.3, 0.4) is 0 Å². The number of nitrogens with one attached hydrogen (secondary N) is 1. The molecule has 2 aromatic rings. The van der Waals surface area contributed by atoms with Crippen molar-refractivity contribution in [3.05, 3.63) is 29.5 Å². The van der Waals surface area contributed by atoms with E-state index in [1.165, 1.54) is 11.0 Å². The highest BCUT2D eigenvalue weighted by Gasteiger charge is 2.09. The van der Waals surface area contributed by atoms with Gasteiger partial charge in [-0.05, 0) is 42.0 Å². The Hall–Kier alpha value is -1.99. The van der Waals surface area contributed by atoms with E-state index in [0.29, 0.717) is 29.2 Å². The lowest BCUT2D eigenvalue weighted by molar-refractivity contribution is -0.116. The van der Waals surface area contributed by atoms with E-state index in [0.717, 1.165) is 0 Å². The number of halogens is 1. The van der Waals surface area contributed by atoms with Crippen LogP contribution >= 0.6 is 11.6 Å². The third kappa shape index (κ3) is 3.75. The maximum atomic E-state index is 11.8. The molecule has 8 heteroatoms. The highest BCUT2D eigenvalue weighted by atomic mass is 35.5. The number of amides is 1. The molecule has 106 valence electrons. The first-order valence-electron chi connectivity index (χ1n) is 6.14. The first kappa shape index (κ1) is 14.4. The van der Waals surface area contributed by atoms with Crippen molar-refractivity contribution in [2.45, 2.75) is 25.8 Å². The Balaban J connectivity index is 2.11. The smallest absolute Gasteiger partial charge is 0.224 e. The van der Waals surface area contributed by atoms with Gasteiger partial charge >= 0.3 is 0 Å². The highest BCUT2D eigenvalue weighted by molar-refractivity contribution is 6.33. The number of carbonyl (C=O) groups is 1. The lowest BCUT2D eigenvalue weighted by Crippen LogP contribution is -2.19. The molecule has 1 aromatic carbocycles. The minimum atomic E-state index is -0.127. The van der Waals surface area contributed by atoms with E-state index in [9.17, 15) is 4.79 Å². The number of aromatic nitrogens is 4. The molecular formula is C12H15ClN6O. The second-order valence-corrected chi connectivity index (χ2v) is 4.89. The molecule has 1 heterocycles. The Morgan fingerprint density at radius 3 is 3.00 bits per heavy atom. The molecule has 20 heavy (non-hydrogen) atoms. The molecule has 0 fully saturated rings. The summed E-state index contributed by atoms with van der Waals surface area (Å²) in [5.41, 5.74) is 6.85. The fraction of sp³-hybridized carbons (Fsp3) is 0.333. The van der Waals surface area contributed by atoms with Crippen LogP contribution in [0.25, 0.3) is 5.69 Å². The first-order valence-corrected chi connectivity index (χ1v) is 6.52. The van der Waals surface area contributed by atoms with Gasteiger partial charge in [0.15, 0.2) is 0 Å². The van der Waals surface area contributed by atoms with E-state index in [1.807, 2.05) is 6.92 Å². The second-order valence-electron chi connectivity index (χ2n) is 4.48. The maximum absolute atomic E-state index is 11.8. The van der Waals surface area contributed by atoms with Gasteiger partial charge in [0.2, 0.25) is 5.91 Å². The number of nitrogens with zero attached hydrogens (tertiary/aromatic N) is 4. The molecule has 0 spiro atoms. The van der Waals surface area contributed by atoms with Crippen LogP contribution in [0.15, 0.2) is 24.5 Å². The summed E-state index contributed by atoms with van der Waals surface area (Å²) < 4.78 is 1.48. The van der Waals surface area contributed by atoms with Gasteiger partial charge in [0.25, 0.3) is 0 Å². The fourth-order valence-electron chi connectivity index (χ4n) is 1.60. The van der Waals surface area contributed by atoms with E-state index in [2.05, 4.69) is 20.8 Å². The van der Waals surface area contributed by atoms with Crippen LogP contribution in [0, 0.1) is 0 Å². The number of nitrogens with two attached hydrogens (primary N) is 1. The Kier molecular flexibility index (Phi) is 4.65. The molecule has 1 aromatic heterocycles. The summed E-state index contributed by atoms with van der Waals surface area (Å²) in [6.07, 6.45) is 2.43. The Morgan fingerprint density at radius 2 is 2.35 bits per heavy atom. The van der Waals surface area contributed by atoms with Gasteiger partial charge in [0.05, 0.1) is 16.4 Å². The summed E-state index contributed by atoms with van der Waals surface area (Å²) in [5.74, 6) is -0.127. The third-order valence-electron chi connectivity index (χ3n) is 2.66. The zero-order valence-corrected chi connectivity index (χ0v) is 11.7. The quantitative estimate of drug-likeness (QED) is 0.868. The van der Waals surface area contributed by atoms with E-state index in [4.69, 9.17) is 17.3 Å². The van der Waals surface area contributed by atoms with Crippen molar-refractivity contribution in [2.24, 2.45) is 5.73 Å². The number of tetrazole rings is 1. The maximum Gasteiger partial charge on any atom is 0.224 e. The number of anilines is 1. The van der Waals surface area contributed by atoms with E-state index in [-0.39, 0.29) is 11.9 Å². The number of carbonyl (C=O) groups excluding carboxylic acids is 1. The molecule has 0 aliphatic carbocycles. The van der Waals surface area contributed by atoms with Crippen molar-refractivity contribution in [2.75, 3.05) is 5.32 Å². The molecule has 0 aliphatic heterocycles. The van der Waals surface area contributed by atoms with Crippen molar-refractivity contribution in [3.63, 3.8) is 0 Å². The van der Waals surface area contributed by atoms with Gasteiger partial charge < -0.3 is 11.1 Å². The molecule has 0 saturated carbocycles. The number of benzene rings is 1. The SMILES string of the molecule is CC(N)CCC(=O)Nc1cc(-n2cnnn2)ccc1Cl. The Labute approximate surface area is 121 Å². The van der Waals surface area contributed by atoms with Gasteiger partial charge in [-0.15, -0.1) is 5.10 Å². The second kappa shape index (κ2) is 6.44. The minimum Gasteiger partial charge on any atom is -0.328 e. The van der Waals surface area contributed by atoms with Crippen LogP contribution in [-0.4, -0.2) is 32.2 Å². The molecule has 0 aliphatic rings. The zero-order chi connectivity index (χ0) is 14.5. The van der Waals surface area contributed by atoms with Gasteiger partial charge in [-0.2, -0.15) is 0 Å². The monoisotopic (exact) mass is 294 g/mol. The zero-order valence-electron chi connectivity index (χ0n) is 11.0. The number of hydrogen-bond acceptors (Lipinski definition) is 5. The minimum absolute atomic E-state index is 0.0104. The summed E-state index contributed by atoms with van der Waals surface area (Å²) in [4.78, 5) is 11.8. The molecular weight excluding hydrogens is 280 g/mol. The molecule has 0 bridgehead atoms. The summed E-state index contributed by atoms with van der Waals surface area (Å²) in [5, 5.41) is 14.1. The van der Waals surface area contributed by atoms with Gasteiger partial charge in [0.1, 0.15) is 6.33 Å². The predicted octanol–water partition coefficient (Wildman–Crippen LogP) is 1.38. The molecule has 1 unspecified atom stereocenters. The van der Waals surface area contributed by atoms with Crippen molar-refractivity contribution in [1.82, 2.24) is 20.2 Å². The number of hydrogen-bond donors (Lipinski definition) is 2. The van der Waals surface area contributed by atoms with Crippen molar-refractivity contribution >= 4 is 23.2 Å². The fourth-order valence-corrected chi connectivity index (χ4v) is 1.77. The van der Waals surface area contributed by atoms with Crippen LogP contribution in [0.2, 0.25) is 5.02 Å². The lowest BCUT2D eigenvalue weighted by atomic mass is 10.2. The summed E-state index contributed by atoms with van der Waals surface area (Å²) in [7, 11) is 0. The molecule has 2 rings (SSSR count). The summed E-state index contributed by atoms with van der Waals surface area (Å²) in [6, 6.07) is 5.14. The standard InChI is InChI=1S/C12H15ClN6O/c1-8(14)2-5-12(20)16-11-6-9(3-4-10(11)13)19-7-15-17-18-19/h3-4,6-8H,2,5,14H2,1H3,(H,16,20). The molecule has 1 amide bonds. The first-order chi connectivity index (χ1) is 9.56. The molecule has 7 nitrogen and oxygen atoms in total. The van der Waals surface area contributed by atoms with Crippen molar-refractivity contribution in [1.29, 1.82) is 0 Å². The van der Waals surface area contributed by atoms with Crippen LogP contribution in [0.4, 0.5) is 5.69 Å². The Bertz CT molecular complexity index is 584. The van der Waals surface area contributed by atoms with Crippen molar-refractivity contribution in [3.8, 4) is 5.69 Å². The van der Waals surface area contributed by atoms with Crippen LogP contribution in [-0.2, 0) is 4.79 Å².